The molecule has 0 bridgehead atoms. The normalized spacial score (nSPS) is 12.6. The second-order valence-corrected chi connectivity index (χ2v) is 4.28. The molecule has 1 aromatic heterocycles. The number of benzene rings is 1. The number of aromatic nitrogens is 1. The number of carbonyl (C=O) groups is 1. The number of rotatable bonds is 4. The SMILES string of the molecule is CC(CC(=O)O)N(C)c1c[nH]c2ccccc12. The molecular formula is C13H16N2O2. The van der Waals surface area contributed by atoms with Crippen LogP contribution in [0.3, 0.4) is 0 Å². The molecule has 4 heteroatoms. The van der Waals surface area contributed by atoms with E-state index >= 15 is 0 Å². The van der Waals surface area contributed by atoms with E-state index in [4.69, 9.17) is 5.11 Å². The molecule has 0 aliphatic rings. The van der Waals surface area contributed by atoms with Gasteiger partial charge in [0.15, 0.2) is 0 Å². The molecule has 0 amide bonds. The van der Waals surface area contributed by atoms with Gasteiger partial charge in [-0.1, -0.05) is 18.2 Å². The van der Waals surface area contributed by atoms with Crippen LogP contribution in [0.15, 0.2) is 30.5 Å². The molecule has 2 aromatic rings. The topological polar surface area (TPSA) is 56.3 Å². The zero-order valence-corrected chi connectivity index (χ0v) is 9.97. The number of H-pyrrole nitrogens is 1. The number of nitrogens with one attached hydrogen (secondary N) is 1. The fraction of sp³-hybridized carbons (Fsp3) is 0.308. The molecule has 0 saturated carbocycles. The Morgan fingerprint density at radius 3 is 2.88 bits per heavy atom. The number of aliphatic carboxylic acids is 1. The molecule has 2 N–H and O–H groups in total. The molecular weight excluding hydrogens is 216 g/mol. The second kappa shape index (κ2) is 4.49. The summed E-state index contributed by atoms with van der Waals surface area (Å²) in [7, 11) is 1.92. The highest BCUT2D eigenvalue weighted by Gasteiger charge is 2.16. The summed E-state index contributed by atoms with van der Waals surface area (Å²) >= 11 is 0. The zero-order chi connectivity index (χ0) is 12.4. The third-order valence-electron chi connectivity index (χ3n) is 3.08. The molecule has 90 valence electrons. The summed E-state index contributed by atoms with van der Waals surface area (Å²) in [6.45, 7) is 1.91. The van der Waals surface area contributed by atoms with Gasteiger partial charge in [0.25, 0.3) is 0 Å². The summed E-state index contributed by atoms with van der Waals surface area (Å²) < 4.78 is 0. The molecule has 0 radical (unpaired) electrons. The number of aromatic amines is 1. The van der Waals surface area contributed by atoms with Crippen LogP contribution in [0.4, 0.5) is 5.69 Å². The number of hydrogen-bond acceptors (Lipinski definition) is 2. The fourth-order valence-corrected chi connectivity index (χ4v) is 1.98. The van der Waals surface area contributed by atoms with Crippen molar-refractivity contribution in [3.8, 4) is 0 Å². The van der Waals surface area contributed by atoms with Gasteiger partial charge in [-0.25, -0.2) is 0 Å². The van der Waals surface area contributed by atoms with Gasteiger partial charge < -0.3 is 15.0 Å². The number of nitrogens with zero attached hydrogens (tertiary/aromatic N) is 1. The van der Waals surface area contributed by atoms with Crippen LogP contribution in [-0.4, -0.2) is 29.1 Å². The van der Waals surface area contributed by atoms with E-state index in [2.05, 4.69) is 4.98 Å². The second-order valence-electron chi connectivity index (χ2n) is 4.28. The number of hydrogen-bond donors (Lipinski definition) is 2. The largest absolute Gasteiger partial charge is 0.481 e. The van der Waals surface area contributed by atoms with Crippen LogP contribution in [0, 0.1) is 0 Å². The van der Waals surface area contributed by atoms with Crippen LogP contribution >= 0.6 is 0 Å². The summed E-state index contributed by atoms with van der Waals surface area (Å²) in [5.41, 5.74) is 2.10. The smallest absolute Gasteiger partial charge is 0.305 e. The Bertz CT molecular complexity index is 533. The summed E-state index contributed by atoms with van der Waals surface area (Å²) in [6.07, 6.45) is 2.05. The molecule has 0 saturated heterocycles. The van der Waals surface area contributed by atoms with E-state index in [1.165, 1.54) is 0 Å². The van der Waals surface area contributed by atoms with E-state index in [0.29, 0.717) is 0 Å². The van der Waals surface area contributed by atoms with Gasteiger partial charge in [0.1, 0.15) is 0 Å². The Morgan fingerprint density at radius 2 is 2.18 bits per heavy atom. The van der Waals surface area contributed by atoms with Gasteiger partial charge in [-0.2, -0.15) is 0 Å². The average molecular weight is 232 g/mol. The molecule has 0 aliphatic heterocycles. The molecule has 1 aromatic carbocycles. The number of carboxylic acid groups (broad SMARTS) is 1. The van der Waals surface area contributed by atoms with Crippen LogP contribution in [-0.2, 0) is 4.79 Å². The minimum atomic E-state index is -0.774. The lowest BCUT2D eigenvalue weighted by molar-refractivity contribution is -0.137. The van der Waals surface area contributed by atoms with Gasteiger partial charge in [0.2, 0.25) is 0 Å². The highest BCUT2D eigenvalue weighted by Crippen LogP contribution is 2.27. The van der Waals surface area contributed by atoms with E-state index < -0.39 is 5.97 Å². The van der Waals surface area contributed by atoms with Crippen molar-refractivity contribution >= 4 is 22.6 Å². The minimum absolute atomic E-state index is 0.0355. The predicted octanol–water partition coefficient (Wildman–Crippen LogP) is 2.47. The molecule has 0 fully saturated rings. The Hall–Kier alpha value is -1.97. The van der Waals surface area contributed by atoms with Gasteiger partial charge in [-0.3, -0.25) is 4.79 Å². The van der Waals surface area contributed by atoms with E-state index in [9.17, 15) is 4.79 Å². The molecule has 0 aliphatic carbocycles. The quantitative estimate of drug-likeness (QED) is 0.851. The molecule has 1 unspecified atom stereocenters. The van der Waals surface area contributed by atoms with Gasteiger partial charge in [0.05, 0.1) is 12.1 Å². The lowest BCUT2D eigenvalue weighted by Crippen LogP contribution is -2.30. The highest BCUT2D eigenvalue weighted by atomic mass is 16.4. The molecule has 4 nitrogen and oxygen atoms in total. The molecule has 2 rings (SSSR count). The summed E-state index contributed by atoms with van der Waals surface area (Å²) in [6, 6.07) is 7.96. The van der Waals surface area contributed by atoms with Crippen LogP contribution in [0.25, 0.3) is 10.9 Å². The maximum absolute atomic E-state index is 10.7. The van der Waals surface area contributed by atoms with Crippen LogP contribution in [0.2, 0.25) is 0 Å². The number of carboxylic acids is 1. The first-order valence-electron chi connectivity index (χ1n) is 5.60. The van der Waals surface area contributed by atoms with Crippen molar-refractivity contribution in [3.05, 3.63) is 30.5 Å². The maximum atomic E-state index is 10.7. The fourth-order valence-electron chi connectivity index (χ4n) is 1.98. The van der Waals surface area contributed by atoms with Crippen molar-refractivity contribution in [2.45, 2.75) is 19.4 Å². The third kappa shape index (κ3) is 2.25. The summed E-state index contributed by atoms with van der Waals surface area (Å²) in [5, 5.41) is 9.93. The Kier molecular flexibility index (Phi) is 3.04. The maximum Gasteiger partial charge on any atom is 0.305 e. The number of anilines is 1. The van der Waals surface area contributed by atoms with E-state index in [1.54, 1.807) is 0 Å². The first kappa shape index (κ1) is 11.5. The minimum Gasteiger partial charge on any atom is -0.481 e. The Morgan fingerprint density at radius 1 is 1.47 bits per heavy atom. The molecule has 17 heavy (non-hydrogen) atoms. The molecule has 1 atom stereocenters. The first-order chi connectivity index (χ1) is 8.09. The standard InChI is InChI=1S/C13H16N2O2/c1-9(7-13(16)17)15(2)12-8-14-11-6-4-3-5-10(11)12/h3-6,8-9,14H,7H2,1-2H3,(H,16,17). The first-order valence-corrected chi connectivity index (χ1v) is 5.60. The summed E-state index contributed by atoms with van der Waals surface area (Å²) in [4.78, 5) is 15.9. The Labute approximate surface area is 99.9 Å². The van der Waals surface area contributed by atoms with Gasteiger partial charge in [0, 0.05) is 30.2 Å². The predicted molar refractivity (Wildman–Crippen MR) is 68.4 cm³/mol. The van der Waals surface area contributed by atoms with Crippen molar-refractivity contribution in [2.24, 2.45) is 0 Å². The van der Waals surface area contributed by atoms with Crippen molar-refractivity contribution < 1.29 is 9.90 Å². The van der Waals surface area contributed by atoms with Crippen molar-refractivity contribution in [1.82, 2.24) is 4.98 Å². The van der Waals surface area contributed by atoms with Crippen molar-refractivity contribution in [2.75, 3.05) is 11.9 Å². The van der Waals surface area contributed by atoms with E-state index in [-0.39, 0.29) is 12.5 Å². The lowest BCUT2D eigenvalue weighted by Gasteiger charge is -2.25. The number of fused-ring (bicyclic) bond motifs is 1. The molecule has 1 heterocycles. The summed E-state index contributed by atoms with van der Waals surface area (Å²) in [5.74, 6) is -0.774. The number of para-hydroxylation sites is 1. The van der Waals surface area contributed by atoms with Gasteiger partial charge in [-0.15, -0.1) is 0 Å². The van der Waals surface area contributed by atoms with Crippen molar-refractivity contribution in [3.63, 3.8) is 0 Å². The van der Waals surface area contributed by atoms with E-state index in [0.717, 1.165) is 16.6 Å². The molecule has 0 spiro atoms. The monoisotopic (exact) mass is 232 g/mol. The average Bonchev–Trinajstić information content (AvgIpc) is 2.70. The van der Waals surface area contributed by atoms with Crippen LogP contribution < -0.4 is 4.90 Å². The third-order valence-corrected chi connectivity index (χ3v) is 3.08. The van der Waals surface area contributed by atoms with E-state index in [1.807, 2.05) is 49.3 Å². The van der Waals surface area contributed by atoms with Crippen molar-refractivity contribution in [1.29, 1.82) is 0 Å². The Balaban J connectivity index is 2.30. The van der Waals surface area contributed by atoms with Gasteiger partial charge >= 0.3 is 5.97 Å². The highest BCUT2D eigenvalue weighted by molar-refractivity contribution is 5.92. The van der Waals surface area contributed by atoms with Crippen LogP contribution in [0.5, 0.6) is 0 Å². The van der Waals surface area contributed by atoms with Gasteiger partial charge in [-0.05, 0) is 13.0 Å². The zero-order valence-electron chi connectivity index (χ0n) is 9.97. The van der Waals surface area contributed by atoms with Crippen LogP contribution in [0.1, 0.15) is 13.3 Å². The lowest BCUT2D eigenvalue weighted by atomic mass is 10.1.